The smallest absolute Gasteiger partial charge is 0.139 e. The summed E-state index contributed by atoms with van der Waals surface area (Å²) in [6.07, 6.45) is 6.85. The predicted octanol–water partition coefficient (Wildman–Crippen LogP) is 4.42. The van der Waals surface area contributed by atoms with E-state index >= 15 is 0 Å². The van der Waals surface area contributed by atoms with Crippen molar-refractivity contribution >= 4 is 5.78 Å². The van der Waals surface area contributed by atoms with Crippen LogP contribution >= 0.6 is 0 Å². The fourth-order valence-corrected chi connectivity index (χ4v) is 5.48. The molecule has 0 radical (unpaired) electrons. The number of benzene rings is 1. The van der Waals surface area contributed by atoms with E-state index in [1.807, 2.05) is 0 Å². The van der Waals surface area contributed by atoms with Gasteiger partial charge < -0.3 is 0 Å². The lowest BCUT2D eigenvalue weighted by Gasteiger charge is -2.48. The van der Waals surface area contributed by atoms with Crippen LogP contribution in [0, 0.1) is 24.2 Å². The van der Waals surface area contributed by atoms with Crippen LogP contribution in [-0.4, -0.2) is 5.78 Å². The van der Waals surface area contributed by atoms with Crippen LogP contribution in [0.25, 0.3) is 0 Å². The first-order valence-corrected chi connectivity index (χ1v) is 8.22. The lowest BCUT2D eigenvalue weighted by molar-refractivity contribution is -0.129. The summed E-state index contributed by atoms with van der Waals surface area (Å²) in [6, 6.07) is 7.04. The molecule has 1 nitrogen and oxygen atoms in total. The Hall–Kier alpha value is -1.11. The zero-order valence-corrected chi connectivity index (χ0v) is 12.6. The molecule has 1 aromatic rings. The third-order valence-corrected chi connectivity index (χ3v) is 6.59. The van der Waals surface area contributed by atoms with E-state index < -0.39 is 0 Å². The van der Waals surface area contributed by atoms with E-state index in [0.717, 1.165) is 31.1 Å². The Bertz CT molecular complexity index is 573. The van der Waals surface area contributed by atoms with Gasteiger partial charge >= 0.3 is 0 Å². The summed E-state index contributed by atoms with van der Waals surface area (Å²) >= 11 is 0. The number of rotatable bonds is 0. The number of fused-ring (bicyclic) bond motifs is 5. The Morgan fingerprint density at radius 2 is 2.00 bits per heavy atom. The molecule has 106 valence electrons. The summed E-state index contributed by atoms with van der Waals surface area (Å²) in [5.74, 6) is 2.69. The Morgan fingerprint density at radius 3 is 2.85 bits per heavy atom. The predicted molar refractivity (Wildman–Crippen MR) is 80.8 cm³/mol. The number of carbonyl (C=O) groups excluding carboxylic acids is 1. The fraction of sp³-hybridized carbons (Fsp3) is 0.632. The maximum atomic E-state index is 12.3. The van der Waals surface area contributed by atoms with Gasteiger partial charge in [0.2, 0.25) is 0 Å². The fourth-order valence-electron chi connectivity index (χ4n) is 5.48. The lowest BCUT2D eigenvalue weighted by atomic mass is 9.55. The quantitative estimate of drug-likeness (QED) is 0.680. The monoisotopic (exact) mass is 268 g/mol. The minimum atomic E-state index is 0.0172. The van der Waals surface area contributed by atoms with Crippen molar-refractivity contribution in [2.45, 2.75) is 58.3 Å². The zero-order valence-electron chi connectivity index (χ0n) is 12.6. The van der Waals surface area contributed by atoms with Crippen LogP contribution in [0.4, 0.5) is 0 Å². The van der Waals surface area contributed by atoms with Crippen molar-refractivity contribution in [3.63, 3.8) is 0 Å². The van der Waals surface area contributed by atoms with Gasteiger partial charge in [-0.2, -0.15) is 0 Å². The van der Waals surface area contributed by atoms with Crippen molar-refractivity contribution in [2.24, 2.45) is 17.3 Å². The Kier molecular flexibility index (Phi) is 2.64. The van der Waals surface area contributed by atoms with Gasteiger partial charge in [0.25, 0.3) is 0 Å². The van der Waals surface area contributed by atoms with Crippen LogP contribution in [0.2, 0.25) is 0 Å². The van der Waals surface area contributed by atoms with Crippen molar-refractivity contribution in [2.75, 3.05) is 0 Å². The van der Waals surface area contributed by atoms with Crippen LogP contribution in [0.15, 0.2) is 18.2 Å². The Morgan fingerprint density at radius 1 is 1.15 bits per heavy atom. The van der Waals surface area contributed by atoms with Crippen molar-refractivity contribution in [3.8, 4) is 0 Å². The van der Waals surface area contributed by atoms with Gasteiger partial charge in [-0.3, -0.25) is 4.79 Å². The van der Waals surface area contributed by atoms with Crippen LogP contribution in [0.5, 0.6) is 0 Å². The Labute approximate surface area is 121 Å². The number of hydrogen-bond donors (Lipinski definition) is 0. The zero-order chi connectivity index (χ0) is 13.9. The maximum Gasteiger partial charge on any atom is 0.139 e. The van der Waals surface area contributed by atoms with Gasteiger partial charge in [-0.05, 0) is 67.9 Å². The molecule has 0 amide bonds. The molecule has 0 aliphatic heterocycles. The molecule has 4 rings (SSSR count). The van der Waals surface area contributed by atoms with Crippen LogP contribution in [0.3, 0.4) is 0 Å². The molecule has 20 heavy (non-hydrogen) atoms. The summed E-state index contributed by atoms with van der Waals surface area (Å²) in [4.78, 5) is 12.3. The molecule has 0 aromatic heterocycles. The first kappa shape index (κ1) is 12.6. The SMILES string of the molecule is Cc1ccc2c(c1)CC[C@@H]1[C@@H]2CC[C@]2(C)C(=O)CC[C@@H]12. The molecule has 0 bridgehead atoms. The maximum absolute atomic E-state index is 12.3. The van der Waals surface area contributed by atoms with Crippen molar-refractivity contribution in [3.05, 3.63) is 34.9 Å². The highest BCUT2D eigenvalue weighted by atomic mass is 16.1. The van der Waals surface area contributed by atoms with Crippen molar-refractivity contribution in [1.29, 1.82) is 0 Å². The highest BCUT2D eigenvalue weighted by Gasteiger charge is 2.54. The number of Topliss-reactive ketones (excluding diaryl/α,β-unsaturated/α-hetero) is 1. The van der Waals surface area contributed by atoms with Gasteiger partial charge in [-0.15, -0.1) is 0 Å². The molecule has 2 saturated carbocycles. The first-order chi connectivity index (χ1) is 9.59. The van der Waals surface area contributed by atoms with Crippen LogP contribution in [-0.2, 0) is 11.2 Å². The summed E-state index contributed by atoms with van der Waals surface area (Å²) in [5.41, 5.74) is 4.59. The molecular formula is C19H24O. The molecule has 0 unspecified atom stereocenters. The molecule has 0 spiro atoms. The van der Waals surface area contributed by atoms with Crippen LogP contribution < -0.4 is 0 Å². The van der Waals surface area contributed by atoms with Gasteiger partial charge in [0, 0.05) is 11.8 Å². The van der Waals surface area contributed by atoms with E-state index in [4.69, 9.17) is 0 Å². The molecule has 1 aromatic carbocycles. The second kappa shape index (κ2) is 4.19. The molecule has 2 fully saturated rings. The van der Waals surface area contributed by atoms with E-state index in [1.165, 1.54) is 24.8 Å². The molecular weight excluding hydrogens is 244 g/mol. The summed E-state index contributed by atoms with van der Waals surface area (Å²) in [6.45, 7) is 4.45. The summed E-state index contributed by atoms with van der Waals surface area (Å²) < 4.78 is 0. The van der Waals surface area contributed by atoms with Crippen molar-refractivity contribution in [1.82, 2.24) is 0 Å². The standard InChI is InChI=1S/C19H24O/c1-12-3-5-14-13(11-12)4-6-16-15(14)9-10-19(2)17(16)7-8-18(19)20/h3,5,11,15-17H,4,6-10H2,1-2H3/t15-,16-,17+,19+/m1/s1. The van der Waals surface area contributed by atoms with Gasteiger partial charge in [0.1, 0.15) is 5.78 Å². The highest BCUT2D eigenvalue weighted by molar-refractivity contribution is 5.87. The molecule has 4 atom stereocenters. The lowest BCUT2D eigenvalue weighted by Crippen LogP contribution is -2.42. The minimum absolute atomic E-state index is 0.0172. The van der Waals surface area contributed by atoms with E-state index in [1.54, 1.807) is 11.1 Å². The van der Waals surface area contributed by atoms with E-state index in [2.05, 4.69) is 32.0 Å². The van der Waals surface area contributed by atoms with Gasteiger partial charge in [-0.25, -0.2) is 0 Å². The van der Waals surface area contributed by atoms with Crippen molar-refractivity contribution < 1.29 is 4.79 Å². The highest BCUT2D eigenvalue weighted by Crippen LogP contribution is 2.59. The average molecular weight is 268 g/mol. The van der Waals surface area contributed by atoms with E-state index in [0.29, 0.717) is 11.7 Å². The molecule has 1 heteroatoms. The Balaban J connectivity index is 1.73. The second-order valence-electron chi connectivity index (χ2n) is 7.54. The third-order valence-electron chi connectivity index (χ3n) is 6.59. The number of hydrogen-bond acceptors (Lipinski definition) is 1. The molecule has 0 N–H and O–H groups in total. The third kappa shape index (κ3) is 1.58. The average Bonchev–Trinajstić information content (AvgIpc) is 2.74. The molecule has 0 heterocycles. The van der Waals surface area contributed by atoms with E-state index in [9.17, 15) is 4.79 Å². The molecule has 3 aliphatic carbocycles. The number of aryl methyl sites for hydroxylation is 2. The van der Waals surface area contributed by atoms with Gasteiger partial charge in [0.15, 0.2) is 0 Å². The molecule has 3 aliphatic rings. The minimum Gasteiger partial charge on any atom is -0.299 e. The largest absolute Gasteiger partial charge is 0.299 e. The van der Waals surface area contributed by atoms with E-state index in [-0.39, 0.29) is 5.41 Å². The van der Waals surface area contributed by atoms with Crippen LogP contribution in [0.1, 0.15) is 61.6 Å². The number of ketones is 1. The van der Waals surface area contributed by atoms with Gasteiger partial charge in [0.05, 0.1) is 0 Å². The normalized spacial score (nSPS) is 39.1. The topological polar surface area (TPSA) is 17.1 Å². The summed E-state index contributed by atoms with van der Waals surface area (Å²) in [5, 5.41) is 0. The molecule has 0 saturated heterocycles. The first-order valence-electron chi connectivity index (χ1n) is 8.22. The number of carbonyl (C=O) groups is 1. The van der Waals surface area contributed by atoms with Gasteiger partial charge in [-0.1, -0.05) is 30.7 Å². The summed E-state index contributed by atoms with van der Waals surface area (Å²) in [7, 11) is 0. The second-order valence-corrected chi connectivity index (χ2v) is 7.54.